The Morgan fingerprint density at radius 1 is 1.24 bits per heavy atom. The largest absolute Gasteiger partial charge is 0.417 e. The Morgan fingerprint density at radius 3 is 2.59 bits per heavy atom. The standard InChI is InChI=1S/C11H9F3N2O/c12-11(13,14)9-4-2-1-3-8(9)10-5-6-15-7-16(10)17/h1-6,17H,7H2. The maximum atomic E-state index is 12.8. The highest BCUT2D eigenvalue weighted by molar-refractivity contribution is 5.85. The van der Waals surface area contributed by atoms with Crippen molar-refractivity contribution in [3.63, 3.8) is 0 Å². The van der Waals surface area contributed by atoms with Gasteiger partial charge in [0.2, 0.25) is 0 Å². The van der Waals surface area contributed by atoms with E-state index in [1.54, 1.807) is 0 Å². The summed E-state index contributed by atoms with van der Waals surface area (Å²) in [7, 11) is 0. The highest BCUT2D eigenvalue weighted by Gasteiger charge is 2.34. The molecule has 17 heavy (non-hydrogen) atoms. The summed E-state index contributed by atoms with van der Waals surface area (Å²) in [6, 6.07) is 5.10. The highest BCUT2D eigenvalue weighted by atomic mass is 19.4. The normalized spacial score (nSPS) is 16.0. The lowest BCUT2D eigenvalue weighted by molar-refractivity contribution is -0.138. The Labute approximate surface area is 95.5 Å². The first-order valence-corrected chi connectivity index (χ1v) is 4.83. The zero-order chi connectivity index (χ0) is 12.5. The third kappa shape index (κ3) is 2.31. The average Bonchev–Trinajstić information content (AvgIpc) is 2.28. The van der Waals surface area contributed by atoms with Crippen LogP contribution in [0.1, 0.15) is 11.1 Å². The molecule has 1 aliphatic heterocycles. The van der Waals surface area contributed by atoms with E-state index in [-0.39, 0.29) is 17.9 Å². The minimum atomic E-state index is -4.45. The van der Waals surface area contributed by atoms with E-state index in [1.165, 1.54) is 30.5 Å². The molecule has 1 aromatic rings. The van der Waals surface area contributed by atoms with Crippen molar-refractivity contribution in [1.29, 1.82) is 0 Å². The number of alkyl halides is 3. The van der Waals surface area contributed by atoms with Crippen LogP contribution in [-0.4, -0.2) is 23.2 Å². The molecule has 6 heteroatoms. The molecule has 0 amide bonds. The van der Waals surface area contributed by atoms with Crippen LogP contribution in [0.3, 0.4) is 0 Å². The molecule has 1 aromatic carbocycles. The van der Waals surface area contributed by atoms with Crippen LogP contribution in [0.4, 0.5) is 13.2 Å². The fourth-order valence-electron chi connectivity index (χ4n) is 1.59. The predicted molar refractivity (Wildman–Crippen MR) is 56.4 cm³/mol. The Hall–Kier alpha value is -1.82. The Bertz CT molecular complexity index is 480. The summed E-state index contributed by atoms with van der Waals surface area (Å²) in [4.78, 5) is 3.72. The molecule has 1 N–H and O–H groups in total. The first-order valence-electron chi connectivity index (χ1n) is 4.83. The minimum Gasteiger partial charge on any atom is -0.287 e. The second-order valence-electron chi connectivity index (χ2n) is 3.47. The van der Waals surface area contributed by atoms with E-state index in [4.69, 9.17) is 0 Å². The number of hydrogen-bond acceptors (Lipinski definition) is 3. The van der Waals surface area contributed by atoms with Gasteiger partial charge in [0, 0.05) is 11.8 Å². The third-order valence-electron chi connectivity index (χ3n) is 2.34. The van der Waals surface area contributed by atoms with Gasteiger partial charge >= 0.3 is 6.18 Å². The molecule has 1 aliphatic rings. The number of aliphatic imine (C=N–C) groups is 1. The van der Waals surface area contributed by atoms with Gasteiger partial charge in [-0.15, -0.1) is 0 Å². The molecule has 90 valence electrons. The second kappa shape index (κ2) is 4.21. The second-order valence-corrected chi connectivity index (χ2v) is 3.47. The van der Waals surface area contributed by atoms with Gasteiger partial charge in [0.25, 0.3) is 0 Å². The van der Waals surface area contributed by atoms with E-state index in [9.17, 15) is 18.4 Å². The SMILES string of the molecule is ON1CN=CC=C1c1ccccc1C(F)(F)F. The van der Waals surface area contributed by atoms with Crippen molar-refractivity contribution in [3.05, 3.63) is 41.5 Å². The van der Waals surface area contributed by atoms with E-state index in [0.29, 0.717) is 5.06 Å². The number of rotatable bonds is 1. The molecule has 0 unspecified atom stereocenters. The summed E-state index contributed by atoms with van der Waals surface area (Å²) in [5.74, 6) is 0. The lowest BCUT2D eigenvalue weighted by Crippen LogP contribution is -2.22. The van der Waals surface area contributed by atoms with Gasteiger partial charge in [-0.05, 0) is 12.1 Å². The molecule has 0 radical (unpaired) electrons. The van der Waals surface area contributed by atoms with Gasteiger partial charge in [0.15, 0.2) is 0 Å². The Kier molecular flexibility index (Phi) is 2.89. The molecule has 0 atom stereocenters. The molecular weight excluding hydrogens is 233 g/mol. The zero-order valence-electron chi connectivity index (χ0n) is 8.65. The monoisotopic (exact) mass is 242 g/mol. The van der Waals surface area contributed by atoms with Crippen LogP contribution in [-0.2, 0) is 6.18 Å². The van der Waals surface area contributed by atoms with Gasteiger partial charge in [0.1, 0.15) is 6.67 Å². The Morgan fingerprint density at radius 2 is 1.94 bits per heavy atom. The smallest absolute Gasteiger partial charge is 0.287 e. The van der Waals surface area contributed by atoms with Gasteiger partial charge in [0.05, 0.1) is 11.3 Å². The van der Waals surface area contributed by atoms with Crippen molar-refractivity contribution >= 4 is 11.9 Å². The van der Waals surface area contributed by atoms with Crippen molar-refractivity contribution in [2.75, 3.05) is 6.67 Å². The third-order valence-corrected chi connectivity index (χ3v) is 2.34. The number of halogens is 3. The zero-order valence-corrected chi connectivity index (χ0v) is 8.65. The summed E-state index contributed by atoms with van der Waals surface area (Å²) in [5, 5.41) is 10.2. The van der Waals surface area contributed by atoms with Crippen LogP contribution in [0.15, 0.2) is 35.3 Å². The quantitative estimate of drug-likeness (QED) is 0.821. The van der Waals surface area contributed by atoms with Gasteiger partial charge in [-0.25, -0.2) is 5.06 Å². The molecule has 0 fully saturated rings. The molecule has 0 aliphatic carbocycles. The van der Waals surface area contributed by atoms with Crippen molar-refractivity contribution in [3.8, 4) is 0 Å². The fraction of sp³-hybridized carbons (Fsp3) is 0.182. The molecule has 0 spiro atoms. The Balaban J connectivity index is 2.52. The number of benzene rings is 1. The summed E-state index contributed by atoms with van der Waals surface area (Å²) in [6.07, 6.45) is -1.74. The molecular formula is C11H9F3N2O. The molecule has 3 nitrogen and oxygen atoms in total. The number of hydrogen-bond donors (Lipinski definition) is 1. The first kappa shape index (κ1) is 11.7. The van der Waals surface area contributed by atoms with Crippen molar-refractivity contribution in [2.24, 2.45) is 4.99 Å². The van der Waals surface area contributed by atoms with Gasteiger partial charge in [-0.3, -0.25) is 10.2 Å². The number of nitrogens with zero attached hydrogens (tertiary/aromatic N) is 2. The highest BCUT2D eigenvalue weighted by Crippen LogP contribution is 2.35. The molecule has 0 aromatic heterocycles. The van der Waals surface area contributed by atoms with E-state index < -0.39 is 11.7 Å². The molecule has 2 rings (SSSR count). The molecule has 0 saturated heterocycles. The van der Waals surface area contributed by atoms with Crippen LogP contribution >= 0.6 is 0 Å². The van der Waals surface area contributed by atoms with Gasteiger partial charge in [-0.2, -0.15) is 13.2 Å². The predicted octanol–water partition coefficient (Wildman–Crippen LogP) is 2.78. The number of allylic oxidation sites excluding steroid dienone is 1. The summed E-state index contributed by atoms with van der Waals surface area (Å²) >= 11 is 0. The molecule has 0 bridgehead atoms. The van der Waals surface area contributed by atoms with Gasteiger partial charge in [-0.1, -0.05) is 18.2 Å². The van der Waals surface area contributed by atoms with Crippen molar-refractivity contribution in [1.82, 2.24) is 5.06 Å². The molecule has 0 saturated carbocycles. The van der Waals surface area contributed by atoms with Crippen LogP contribution < -0.4 is 0 Å². The minimum absolute atomic E-state index is 0.0614. The lowest BCUT2D eigenvalue weighted by atomic mass is 10.0. The van der Waals surface area contributed by atoms with E-state index in [2.05, 4.69) is 4.99 Å². The lowest BCUT2D eigenvalue weighted by Gasteiger charge is -2.23. The van der Waals surface area contributed by atoms with Crippen LogP contribution in [0.25, 0.3) is 5.70 Å². The summed E-state index contributed by atoms with van der Waals surface area (Å²) in [5.41, 5.74) is -0.748. The fourth-order valence-corrected chi connectivity index (χ4v) is 1.59. The van der Waals surface area contributed by atoms with Gasteiger partial charge < -0.3 is 0 Å². The van der Waals surface area contributed by atoms with Crippen molar-refractivity contribution < 1.29 is 18.4 Å². The first-order chi connectivity index (χ1) is 8.00. The van der Waals surface area contributed by atoms with Crippen LogP contribution in [0.2, 0.25) is 0 Å². The van der Waals surface area contributed by atoms with E-state index in [0.717, 1.165) is 6.07 Å². The van der Waals surface area contributed by atoms with Crippen LogP contribution in [0.5, 0.6) is 0 Å². The van der Waals surface area contributed by atoms with E-state index >= 15 is 0 Å². The molecule has 1 heterocycles. The van der Waals surface area contributed by atoms with E-state index in [1.807, 2.05) is 0 Å². The summed E-state index contributed by atoms with van der Waals surface area (Å²) in [6.45, 7) is -0.0714. The van der Waals surface area contributed by atoms with Crippen LogP contribution in [0, 0.1) is 0 Å². The average molecular weight is 242 g/mol. The maximum absolute atomic E-state index is 12.8. The maximum Gasteiger partial charge on any atom is 0.417 e. The number of hydroxylamine groups is 2. The topological polar surface area (TPSA) is 35.8 Å². The van der Waals surface area contributed by atoms with Crippen molar-refractivity contribution in [2.45, 2.75) is 6.18 Å². The summed E-state index contributed by atoms with van der Waals surface area (Å²) < 4.78 is 38.3.